The van der Waals surface area contributed by atoms with Crippen LogP contribution in [0.4, 0.5) is 0 Å². The number of ether oxygens (including phenoxy) is 3. The van der Waals surface area contributed by atoms with Crippen molar-refractivity contribution in [2.75, 3.05) is 46.6 Å². The summed E-state index contributed by atoms with van der Waals surface area (Å²) in [5.41, 5.74) is 2.28. The molecular formula is C20H35N3O3. The van der Waals surface area contributed by atoms with E-state index in [-0.39, 0.29) is 0 Å². The van der Waals surface area contributed by atoms with Crippen LogP contribution in [0.1, 0.15) is 37.8 Å². The van der Waals surface area contributed by atoms with E-state index < -0.39 is 0 Å². The Labute approximate surface area is 158 Å². The second kappa shape index (κ2) is 14.4. The van der Waals surface area contributed by atoms with Crippen molar-refractivity contribution >= 4 is 5.96 Å². The van der Waals surface area contributed by atoms with Crippen LogP contribution >= 0.6 is 0 Å². The Morgan fingerprint density at radius 1 is 1.00 bits per heavy atom. The van der Waals surface area contributed by atoms with Gasteiger partial charge < -0.3 is 24.8 Å². The average Bonchev–Trinajstić information content (AvgIpc) is 2.65. The Morgan fingerprint density at radius 2 is 1.77 bits per heavy atom. The molecule has 1 rings (SSSR count). The first-order valence-corrected chi connectivity index (χ1v) is 9.53. The van der Waals surface area contributed by atoms with Crippen LogP contribution in [0.15, 0.2) is 23.2 Å². The number of benzene rings is 1. The van der Waals surface area contributed by atoms with Crippen molar-refractivity contribution in [1.82, 2.24) is 10.6 Å². The molecule has 0 bridgehead atoms. The molecule has 0 saturated carbocycles. The second-order valence-electron chi connectivity index (χ2n) is 5.91. The molecule has 0 aliphatic heterocycles. The maximum atomic E-state index is 5.88. The Morgan fingerprint density at radius 3 is 2.50 bits per heavy atom. The van der Waals surface area contributed by atoms with Gasteiger partial charge in [-0.2, -0.15) is 0 Å². The standard InChI is InChI=1S/C20H35N3O3/c1-5-24-12-8-7-11-22-20(21-4)23-16-18-10-9-17(3)15-19(18)26-14-13-25-6-2/h9-10,15H,5-8,11-14,16H2,1-4H3,(H2,21,22,23). The molecule has 0 aliphatic rings. The second-order valence-corrected chi connectivity index (χ2v) is 5.91. The molecule has 148 valence electrons. The third kappa shape index (κ3) is 9.63. The summed E-state index contributed by atoms with van der Waals surface area (Å²) in [6.45, 7) is 11.0. The van der Waals surface area contributed by atoms with Gasteiger partial charge in [0.25, 0.3) is 0 Å². The summed E-state index contributed by atoms with van der Waals surface area (Å²) < 4.78 is 16.6. The topological polar surface area (TPSA) is 64.1 Å². The zero-order valence-electron chi connectivity index (χ0n) is 16.8. The normalized spacial score (nSPS) is 11.5. The lowest BCUT2D eigenvalue weighted by Crippen LogP contribution is -2.37. The first kappa shape index (κ1) is 22.3. The number of rotatable bonds is 13. The largest absolute Gasteiger partial charge is 0.491 e. The molecule has 2 N–H and O–H groups in total. The Balaban J connectivity index is 2.43. The molecule has 0 amide bonds. The minimum Gasteiger partial charge on any atom is -0.491 e. The first-order valence-electron chi connectivity index (χ1n) is 9.53. The van der Waals surface area contributed by atoms with Crippen LogP contribution in [-0.4, -0.2) is 52.6 Å². The van der Waals surface area contributed by atoms with E-state index in [1.165, 1.54) is 5.56 Å². The molecule has 0 saturated heterocycles. The van der Waals surface area contributed by atoms with Crippen molar-refractivity contribution in [2.45, 2.75) is 40.2 Å². The SMILES string of the molecule is CCOCCCCNC(=NC)NCc1ccc(C)cc1OCCOCC. The molecular weight excluding hydrogens is 330 g/mol. The van der Waals surface area contributed by atoms with E-state index in [1.54, 1.807) is 7.05 Å². The van der Waals surface area contributed by atoms with Crippen LogP contribution in [0.2, 0.25) is 0 Å². The van der Waals surface area contributed by atoms with Crippen molar-refractivity contribution in [3.8, 4) is 5.75 Å². The predicted molar refractivity (Wildman–Crippen MR) is 107 cm³/mol. The van der Waals surface area contributed by atoms with E-state index in [0.717, 1.165) is 49.9 Å². The van der Waals surface area contributed by atoms with Gasteiger partial charge >= 0.3 is 0 Å². The third-order valence-electron chi connectivity index (χ3n) is 3.79. The average molecular weight is 366 g/mol. The molecule has 0 radical (unpaired) electrons. The summed E-state index contributed by atoms with van der Waals surface area (Å²) in [5, 5.41) is 6.68. The molecule has 0 aromatic heterocycles. The number of aliphatic imine (C=N–C) groups is 1. The molecule has 0 heterocycles. The monoisotopic (exact) mass is 365 g/mol. The lowest BCUT2D eigenvalue weighted by atomic mass is 10.1. The van der Waals surface area contributed by atoms with E-state index in [2.05, 4.69) is 40.7 Å². The van der Waals surface area contributed by atoms with Crippen molar-refractivity contribution in [3.05, 3.63) is 29.3 Å². The Bertz CT molecular complexity index is 521. The summed E-state index contributed by atoms with van der Waals surface area (Å²) in [6.07, 6.45) is 2.10. The summed E-state index contributed by atoms with van der Waals surface area (Å²) in [5.74, 6) is 1.69. The number of hydrogen-bond acceptors (Lipinski definition) is 4. The zero-order chi connectivity index (χ0) is 19.0. The minimum atomic E-state index is 0.553. The van der Waals surface area contributed by atoms with Crippen LogP contribution < -0.4 is 15.4 Å². The molecule has 26 heavy (non-hydrogen) atoms. The van der Waals surface area contributed by atoms with Crippen LogP contribution in [0, 0.1) is 6.92 Å². The van der Waals surface area contributed by atoms with E-state index in [0.29, 0.717) is 26.4 Å². The molecule has 0 unspecified atom stereocenters. The molecule has 1 aromatic carbocycles. The van der Waals surface area contributed by atoms with Crippen LogP contribution in [0.25, 0.3) is 0 Å². The highest BCUT2D eigenvalue weighted by Crippen LogP contribution is 2.20. The van der Waals surface area contributed by atoms with Crippen molar-refractivity contribution < 1.29 is 14.2 Å². The first-order chi connectivity index (χ1) is 12.7. The Hall–Kier alpha value is -1.79. The minimum absolute atomic E-state index is 0.553. The van der Waals surface area contributed by atoms with E-state index in [9.17, 15) is 0 Å². The lowest BCUT2D eigenvalue weighted by molar-refractivity contribution is 0.110. The molecule has 6 nitrogen and oxygen atoms in total. The molecule has 0 atom stereocenters. The van der Waals surface area contributed by atoms with Gasteiger partial charge in [-0.25, -0.2) is 0 Å². The molecule has 1 aromatic rings. The van der Waals surface area contributed by atoms with Gasteiger partial charge in [-0.05, 0) is 45.2 Å². The maximum Gasteiger partial charge on any atom is 0.191 e. The number of nitrogens with one attached hydrogen (secondary N) is 2. The van der Waals surface area contributed by atoms with Gasteiger partial charge in [0.2, 0.25) is 0 Å². The van der Waals surface area contributed by atoms with Crippen LogP contribution in [-0.2, 0) is 16.0 Å². The fourth-order valence-corrected chi connectivity index (χ4v) is 2.38. The van der Waals surface area contributed by atoms with Gasteiger partial charge in [0.05, 0.1) is 6.61 Å². The van der Waals surface area contributed by atoms with Gasteiger partial charge in [0.15, 0.2) is 5.96 Å². The van der Waals surface area contributed by atoms with E-state index >= 15 is 0 Å². The van der Waals surface area contributed by atoms with Crippen molar-refractivity contribution in [1.29, 1.82) is 0 Å². The number of guanidine groups is 1. The quantitative estimate of drug-likeness (QED) is 0.320. The summed E-state index contributed by atoms with van der Waals surface area (Å²) in [6, 6.07) is 6.25. The van der Waals surface area contributed by atoms with E-state index in [4.69, 9.17) is 14.2 Å². The molecule has 0 fully saturated rings. The third-order valence-corrected chi connectivity index (χ3v) is 3.79. The smallest absolute Gasteiger partial charge is 0.191 e. The molecule has 0 aliphatic carbocycles. The van der Waals surface area contributed by atoms with Gasteiger partial charge in [-0.15, -0.1) is 0 Å². The summed E-state index contributed by atoms with van der Waals surface area (Å²) in [7, 11) is 1.78. The van der Waals surface area contributed by atoms with Gasteiger partial charge in [0, 0.05) is 45.5 Å². The van der Waals surface area contributed by atoms with Gasteiger partial charge in [-0.1, -0.05) is 12.1 Å². The van der Waals surface area contributed by atoms with Crippen molar-refractivity contribution in [2.24, 2.45) is 4.99 Å². The van der Waals surface area contributed by atoms with Gasteiger partial charge in [-0.3, -0.25) is 4.99 Å². The Kier molecular flexibility index (Phi) is 12.3. The molecule has 6 heteroatoms. The highest BCUT2D eigenvalue weighted by molar-refractivity contribution is 5.79. The predicted octanol–water partition coefficient (Wildman–Crippen LogP) is 2.89. The van der Waals surface area contributed by atoms with E-state index in [1.807, 2.05) is 13.8 Å². The number of nitrogens with zero attached hydrogens (tertiary/aromatic N) is 1. The number of hydrogen-bond donors (Lipinski definition) is 2. The van der Waals surface area contributed by atoms with Gasteiger partial charge in [0.1, 0.15) is 12.4 Å². The number of unbranched alkanes of at least 4 members (excludes halogenated alkanes) is 1. The maximum absolute atomic E-state index is 5.88. The zero-order valence-corrected chi connectivity index (χ0v) is 16.8. The van der Waals surface area contributed by atoms with Crippen molar-refractivity contribution in [3.63, 3.8) is 0 Å². The lowest BCUT2D eigenvalue weighted by Gasteiger charge is -2.15. The highest BCUT2D eigenvalue weighted by atomic mass is 16.5. The highest BCUT2D eigenvalue weighted by Gasteiger charge is 2.06. The number of aryl methyl sites for hydroxylation is 1. The molecule has 0 spiro atoms. The van der Waals surface area contributed by atoms with Crippen LogP contribution in [0.3, 0.4) is 0 Å². The summed E-state index contributed by atoms with van der Waals surface area (Å²) in [4.78, 5) is 4.27. The summed E-state index contributed by atoms with van der Waals surface area (Å²) >= 11 is 0. The van der Waals surface area contributed by atoms with Crippen LogP contribution in [0.5, 0.6) is 5.75 Å². The fraction of sp³-hybridized carbons (Fsp3) is 0.650. The fourth-order valence-electron chi connectivity index (χ4n) is 2.38.